The Balaban J connectivity index is 2.18. The minimum atomic E-state index is -2.36. The molecule has 1 N–H and O–H groups in total. The number of rotatable bonds is 11. The lowest BCUT2D eigenvalue weighted by Crippen LogP contribution is -2.02. The van der Waals surface area contributed by atoms with Gasteiger partial charge in [-0.05, 0) is 18.6 Å². The third-order valence-corrected chi connectivity index (χ3v) is 3.99. The zero-order chi connectivity index (χ0) is 14.6. The van der Waals surface area contributed by atoms with Gasteiger partial charge in [0.05, 0.1) is 0 Å². The monoisotopic (exact) mass is 301 g/mol. The maximum absolute atomic E-state index is 12.4. The van der Waals surface area contributed by atoms with Crippen molar-refractivity contribution in [3.63, 3.8) is 0 Å². The molecule has 0 spiro atoms. The molecule has 1 aromatic rings. The maximum Gasteiger partial charge on any atom is 0.288 e. The standard InChI is InChI=1S/C16H25F2NS/c1-2-3-4-5-6-7-10-13-19-14-11-8-9-12-15(14)20-16(17)18/h8-9,11-12,16,19H,2-7,10,13H2,1H3. The molecule has 0 saturated carbocycles. The second-order valence-corrected chi connectivity index (χ2v) is 5.95. The van der Waals surface area contributed by atoms with Crippen molar-refractivity contribution in [2.45, 2.75) is 62.5 Å². The van der Waals surface area contributed by atoms with Crippen molar-refractivity contribution in [2.24, 2.45) is 0 Å². The topological polar surface area (TPSA) is 12.0 Å². The van der Waals surface area contributed by atoms with Gasteiger partial charge in [-0.25, -0.2) is 0 Å². The maximum atomic E-state index is 12.4. The number of para-hydroxylation sites is 1. The molecule has 1 rings (SSSR count). The quantitative estimate of drug-likeness (QED) is 0.388. The summed E-state index contributed by atoms with van der Waals surface area (Å²) >= 11 is 0.607. The molecule has 20 heavy (non-hydrogen) atoms. The minimum Gasteiger partial charge on any atom is -0.384 e. The molecular formula is C16H25F2NS. The molecule has 0 aliphatic rings. The highest BCUT2D eigenvalue weighted by Crippen LogP contribution is 2.31. The number of thioether (sulfide) groups is 1. The first-order chi connectivity index (χ1) is 9.74. The van der Waals surface area contributed by atoms with E-state index < -0.39 is 5.76 Å². The van der Waals surface area contributed by atoms with E-state index in [2.05, 4.69) is 12.2 Å². The zero-order valence-corrected chi connectivity index (χ0v) is 13.0. The van der Waals surface area contributed by atoms with Gasteiger partial charge >= 0.3 is 0 Å². The van der Waals surface area contributed by atoms with Crippen LogP contribution in [0.4, 0.5) is 14.5 Å². The molecule has 0 unspecified atom stereocenters. The number of alkyl halides is 2. The second kappa shape index (κ2) is 11.0. The number of hydrogen-bond acceptors (Lipinski definition) is 2. The summed E-state index contributed by atoms with van der Waals surface area (Å²) in [5.74, 6) is -2.36. The smallest absolute Gasteiger partial charge is 0.288 e. The van der Waals surface area contributed by atoms with E-state index in [1.54, 1.807) is 12.1 Å². The largest absolute Gasteiger partial charge is 0.384 e. The van der Waals surface area contributed by atoms with Crippen molar-refractivity contribution >= 4 is 17.4 Å². The molecule has 0 saturated heterocycles. The van der Waals surface area contributed by atoms with Crippen molar-refractivity contribution in [3.05, 3.63) is 24.3 Å². The van der Waals surface area contributed by atoms with Gasteiger partial charge < -0.3 is 5.32 Å². The number of unbranched alkanes of at least 4 members (excludes halogenated alkanes) is 6. The molecule has 0 aliphatic heterocycles. The molecule has 0 heterocycles. The average molecular weight is 301 g/mol. The van der Waals surface area contributed by atoms with Gasteiger partial charge in [-0.15, -0.1) is 0 Å². The van der Waals surface area contributed by atoms with E-state index in [4.69, 9.17) is 0 Å². The Labute approximate surface area is 125 Å². The fraction of sp³-hybridized carbons (Fsp3) is 0.625. The third-order valence-electron chi connectivity index (χ3n) is 3.20. The van der Waals surface area contributed by atoms with Gasteiger partial charge in [0.2, 0.25) is 0 Å². The van der Waals surface area contributed by atoms with Gasteiger partial charge in [-0.2, -0.15) is 8.78 Å². The van der Waals surface area contributed by atoms with E-state index in [1.165, 1.54) is 38.5 Å². The van der Waals surface area contributed by atoms with Gasteiger partial charge in [0.25, 0.3) is 5.76 Å². The molecule has 114 valence electrons. The van der Waals surface area contributed by atoms with E-state index in [1.807, 2.05) is 12.1 Å². The lowest BCUT2D eigenvalue weighted by atomic mass is 10.1. The first-order valence-electron chi connectivity index (χ1n) is 7.51. The molecule has 0 radical (unpaired) electrons. The van der Waals surface area contributed by atoms with Crippen LogP contribution in [0.15, 0.2) is 29.2 Å². The summed E-state index contributed by atoms with van der Waals surface area (Å²) in [4.78, 5) is 0.630. The Bertz CT molecular complexity index is 358. The van der Waals surface area contributed by atoms with E-state index in [-0.39, 0.29) is 0 Å². The fourth-order valence-electron chi connectivity index (χ4n) is 2.12. The molecular weight excluding hydrogens is 276 g/mol. The van der Waals surface area contributed by atoms with Crippen molar-refractivity contribution in [2.75, 3.05) is 11.9 Å². The molecule has 1 aromatic carbocycles. The number of hydrogen-bond donors (Lipinski definition) is 1. The van der Waals surface area contributed by atoms with E-state index >= 15 is 0 Å². The predicted octanol–water partition coefficient (Wildman–Crippen LogP) is 6.16. The normalized spacial score (nSPS) is 11.0. The predicted molar refractivity (Wildman–Crippen MR) is 84.8 cm³/mol. The summed E-state index contributed by atoms with van der Waals surface area (Å²) in [6.45, 7) is 3.08. The second-order valence-electron chi connectivity index (χ2n) is 4.92. The molecule has 4 heteroatoms. The summed E-state index contributed by atoms with van der Waals surface area (Å²) in [6.07, 6.45) is 8.83. The third kappa shape index (κ3) is 7.73. The van der Waals surface area contributed by atoms with Crippen LogP contribution in [0.2, 0.25) is 0 Å². The van der Waals surface area contributed by atoms with Crippen molar-refractivity contribution in [3.8, 4) is 0 Å². The van der Waals surface area contributed by atoms with Crippen molar-refractivity contribution in [1.82, 2.24) is 0 Å². The van der Waals surface area contributed by atoms with Crippen LogP contribution in [0.1, 0.15) is 51.9 Å². The lowest BCUT2D eigenvalue weighted by Gasteiger charge is -2.11. The highest BCUT2D eigenvalue weighted by molar-refractivity contribution is 7.99. The number of anilines is 1. The molecule has 0 aliphatic carbocycles. The summed E-state index contributed by atoms with van der Waals surface area (Å²) in [6, 6.07) is 7.28. The lowest BCUT2D eigenvalue weighted by molar-refractivity contribution is 0.252. The van der Waals surface area contributed by atoms with Crippen LogP contribution in [0, 0.1) is 0 Å². The van der Waals surface area contributed by atoms with Crippen LogP contribution in [0.5, 0.6) is 0 Å². The van der Waals surface area contributed by atoms with Gasteiger partial charge in [-0.3, -0.25) is 0 Å². The highest BCUT2D eigenvalue weighted by atomic mass is 32.2. The van der Waals surface area contributed by atoms with Crippen LogP contribution >= 0.6 is 11.8 Å². The first kappa shape index (κ1) is 17.3. The van der Waals surface area contributed by atoms with Crippen LogP contribution in [0.3, 0.4) is 0 Å². The van der Waals surface area contributed by atoms with Gasteiger partial charge in [0.15, 0.2) is 0 Å². The van der Waals surface area contributed by atoms with Crippen molar-refractivity contribution in [1.29, 1.82) is 0 Å². The van der Waals surface area contributed by atoms with Gasteiger partial charge in [0.1, 0.15) is 0 Å². The summed E-state index contributed by atoms with van der Waals surface area (Å²) in [5.41, 5.74) is 0.823. The number of nitrogens with one attached hydrogen (secondary N) is 1. The Morgan fingerprint density at radius 1 is 1.00 bits per heavy atom. The first-order valence-corrected chi connectivity index (χ1v) is 8.39. The Hall–Kier alpha value is -0.770. The molecule has 0 aromatic heterocycles. The molecule has 0 atom stereocenters. The van der Waals surface area contributed by atoms with Crippen molar-refractivity contribution < 1.29 is 8.78 Å². The summed E-state index contributed by atoms with van der Waals surface area (Å²) in [5, 5.41) is 3.27. The molecule has 0 amide bonds. The van der Waals surface area contributed by atoms with Crippen LogP contribution in [-0.4, -0.2) is 12.3 Å². The van der Waals surface area contributed by atoms with Gasteiger partial charge in [0, 0.05) is 17.1 Å². The van der Waals surface area contributed by atoms with Crippen LogP contribution in [0.25, 0.3) is 0 Å². The minimum absolute atomic E-state index is 0.607. The van der Waals surface area contributed by atoms with E-state index in [0.717, 1.165) is 18.7 Å². The Kier molecular flexibility index (Phi) is 9.46. The van der Waals surface area contributed by atoms with E-state index in [0.29, 0.717) is 16.7 Å². The van der Waals surface area contributed by atoms with E-state index in [9.17, 15) is 8.78 Å². The molecule has 0 bridgehead atoms. The average Bonchev–Trinajstić information content (AvgIpc) is 2.43. The van der Waals surface area contributed by atoms with Gasteiger partial charge in [-0.1, -0.05) is 69.3 Å². The number of benzene rings is 1. The highest BCUT2D eigenvalue weighted by Gasteiger charge is 2.08. The summed E-state index contributed by atoms with van der Waals surface area (Å²) in [7, 11) is 0. The molecule has 1 nitrogen and oxygen atoms in total. The van der Waals surface area contributed by atoms with Crippen LogP contribution in [-0.2, 0) is 0 Å². The fourth-order valence-corrected chi connectivity index (χ4v) is 2.73. The Morgan fingerprint density at radius 2 is 1.65 bits per heavy atom. The zero-order valence-electron chi connectivity index (χ0n) is 12.2. The van der Waals surface area contributed by atoms with Crippen LogP contribution < -0.4 is 5.32 Å². The Morgan fingerprint density at radius 3 is 2.35 bits per heavy atom. The number of halogens is 2. The summed E-state index contributed by atoms with van der Waals surface area (Å²) < 4.78 is 24.9. The SMILES string of the molecule is CCCCCCCCCNc1ccccc1SC(F)F. The molecule has 0 fully saturated rings.